The number of halogens is 2. The maximum atomic E-state index is 13.9. The van der Waals surface area contributed by atoms with E-state index in [1.54, 1.807) is 12.1 Å². The molecule has 0 saturated heterocycles. The minimum Gasteiger partial charge on any atom is -0.381 e. The highest BCUT2D eigenvalue weighted by atomic mass is 35.5. The average molecular weight is 263 g/mol. The van der Waals surface area contributed by atoms with E-state index in [4.69, 9.17) is 11.6 Å². The van der Waals surface area contributed by atoms with Gasteiger partial charge in [0.05, 0.1) is 17.4 Å². The van der Waals surface area contributed by atoms with Crippen LogP contribution in [0.2, 0.25) is 5.02 Å². The number of para-hydroxylation sites is 2. The smallest absolute Gasteiger partial charge is 0.130 e. The first kappa shape index (κ1) is 11.4. The van der Waals surface area contributed by atoms with E-state index in [0.717, 1.165) is 11.4 Å². The average Bonchev–Trinajstić information content (AvgIpc) is 2.38. The SMILES string of the molecule is Fc1cc(Cl)ccc1C1CNc2ccccc2N1. The number of fused-ring (bicyclic) bond motifs is 1. The molecule has 0 spiro atoms. The van der Waals surface area contributed by atoms with Crippen molar-refractivity contribution in [3.8, 4) is 0 Å². The summed E-state index contributed by atoms with van der Waals surface area (Å²) in [6.07, 6.45) is 0. The summed E-state index contributed by atoms with van der Waals surface area (Å²) in [4.78, 5) is 0. The topological polar surface area (TPSA) is 24.1 Å². The number of hydrogen-bond donors (Lipinski definition) is 2. The monoisotopic (exact) mass is 262 g/mol. The van der Waals surface area contributed by atoms with Gasteiger partial charge in [0.1, 0.15) is 5.82 Å². The van der Waals surface area contributed by atoms with Gasteiger partial charge in [-0.15, -0.1) is 0 Å². The number of benzene rings is 2. The second-order valence-corrected chi connectivity index (χ2v) is 4.73. The van der Waals surface area contributed by atoms with Gasteiger partial charge in [0, 0.05) is 17.1 Å². The third-order valence-corrected chi connectivity index (χ3v) is 3.33. The van der Waals surface area contributed by atoms with Gasteiger partial charge < -0.3 is 10.6 Å². The Morgan fingerprint density at radius 2 is 1.89 bits per heavy atom. The molecule has 18 heavy (non-hydrogen) atoms. The Balaban J connectivity index is 1.92. The first-order valence-corrected chi connectivity index (χ1v) is 6.16. The molecular formula is C14H12ClFN2. The van der Waals surface area contributed by atoms with Crippen LogP contribution in [0.1, 0.15) is 11.6 Å². The molecule has 0 aliphatic carbocycles. The highest BCUT2D eigenvalue weighted by Gasteiger charge is 2.20. The maximum absolute atomic E-state index is 13.9. The second kappa shape index (κ2) is 4.50. The molecule has 0 saturated carbocycles. The van der Waals surface area contributed by atoms with Crippen LogP contribution in [-0.4, -0.2) is 6.54 Å². The second-order valence-electron chi connectivity index (χ2n) is 4.29. The molecule has 1 aliphatic rings. The molecule has 92 valence electrons. The van der Waals surface area contributed by atoms with E-state index in [1.165, 1.54) is 6.07 Å². The Bertz CT molecular complexity index is 586. The van der Waals surface area contributed by atoms with Crippen molar-refractivity contribution < 1.29 is 4.39 Å². The standard InChI is InChI=1S/C14H12ClFN2/c15-9-5-6-10(11(16)7-9)14-8-17-12-3-1-2-4-13(12)18-14/h1-7,14,17-18H,8H2. The number of nitrogens with one attached hydrogen (secondary N) is 2. The molecule has 0 amide bonds. The molecule has 3 rings (SSSR count). The van der Waals surface area contributed by atoms with E-state index < -0.39 is 0 Å². The van der Waals surface area contributed by atoms with E-state index in [-0.39, 0.29) is 11.9 Å². The largest absolute Gasteiger partial charge is 0.381 e. The van der Waals surface area contributed by atoms with Crippen LogP contribution in [0.5, 0.6) is 0 Å². The van der Waals surface area contributed by atoms with Crippen molar-refractivity contribution in [3.63, 3.8) is 0 Å². The van der Waals surface area contributed by atoms with Crippen LogP contribution >= 0.6 is 11.6 Å². The third kappa shape index (κ3) is 2.02. The summed E-state index contributed by atoms with van der Waals surface area (Å²) in [6, 6.07) is 12.6. The summed E-state index contributed by atoms with van der Waals surface area (Å²) in [5.41, 5.74) is 2.66. The lowest BCUT2D eigenvalue weighted by atomic mass is 10.0. The summed E-state index contributed by atoms with van der Waals surface area (Å²) in [5.74, 6) is -0.277. The molecular weight excluding hydrogens is 251 g/mol. The van der Waals surface area contributed by atoms with Crippen LogP contribution in [-0.2, 0) is 0 Å². The van der Waals surface area contributed by atoms with Gasteiger partial charge in [-0.25, -0.2) is 4.39 Å². The van der Waals surface area contributed by atoms with Gasteiger partial charge in [-0.3, -0.25) is 0 Å². The summed E-state index contributed by atoms with van der Waals surface area (Å²) in [6.45, 7) is 0.648. The Morgan fingerprint density at radius 3 is 2.67 bits per heavy atom. The van der Waals surface area contributed by atoms with E-state index in [0.29, 0.717) is 17.1 Å². The van der Waals surface area contributed by atoms with Crippen LogP contribution < -0.4 is 10.6 Å². The zero-order valence-electron chi connectivity index (χ0n) is 9.58. The number of rotatable bonds is 1. The fourth-order valence-electron chi connectivity index (χ4n) is 2.19. The summed E-state index contributed by atoms with van der Waals surface area (Å²) < 4.78 is 13.9. The van der Waals surface area contributed by atoms with Crippen molar-refractivity contribution in [2.24, 2.45) is 0 Å². The molecule has 0 bridgehead atoms. The van der Waals surface area contributed by atoms with Crippen molar-refractivity contribution in [2.75, 3.05) is 17.2 Å². The highest BCUT2D eigenvalue weighted by Crippen LogP contribution is 2.32. The first-order valence-electron chi connectivity index (χ1n) is 5.78. The van der Waals surface area contributed by atoms with Gasteiger partial charge in [-0.1, -0.05) is 29.8 Å². The maximum Gasteiger partial charge on any atom is 0.130 e. The molecule has 0 radical (unpaired) electrons. The van der Waals surface area contributed by atoms with E-state index in [9.17, 15) is 4.39 Å². The predicted molar refractivity (Wildman–Crippen MR) is 72.7 cm³/mol. The van der Waals surface area contributed by atoms with Crippen molar-refractivity contribution in [2.45, 2.75) is 6.04 Å². The van der Waals surface area contributed by atoms with Gasteiger partial charge in [-0.05, 0) is 24.3 Å². The summed E-state index contributed by atoms with van der Waals surface area (Å²) in [5, 5.41) is 7.04. The van der Waals surface area contributed by atoms with Gasteiger partial charge in [0.2, 0.25) is 0 Å². The Hall–Kier alpha value is -1.74. The van der Waals surface area contributed by atoms with E-state index >= 15 is 0 Å². The van der Waals surface area contributed by atoms with Gasteiger partial charge >= 0.3 is 0 Å². The fraction of sp³-hybridized carbons (Fsp3) is 0.143. The third-order valence-electron chi connectivity index (χ3n) is 3.09. The van der Waals surface area contributed by atoms with E-state index in [2.05, 4.69) is 10.6 Å². The molecule has 2 nitrogen and oxygen atoms in total. The highest BCUT2D eigenvalue weighted by molar-refractivity contribution is 6.30. The number of anilines is 2. The summed E-state index contributed by atoms with van der Waals surface area (Å²) in [7, 11) is 0. The lowest BCUT2D eigenvalue weighted by Crippen LogP contribution is -2.26. The zero-order chi connectivity index (χ0) is 12.5. The van der Waals surface area contributed by atoms with E-state index in [1.807, 2.05) is 24.3 Å². The Labute approximate surface area is 110 Å². The molecule has 1 atom stereocenters. The molecule has 4 heteroatoms. The number of hydrogen-bond acceptors (Lipinski definition) is 2. The van der Waals surface area contributed by atoms with Crippen molar-refractivity contribution in [1.29, 1.82) is 0 Å². The fourth-order valence-corrected chi connectivity index (χ4v) is 2.34. The van der Waals surface area contributed by atoms with Crippen LogP contribution in [0.15, 0.2) is 42.5 Å². The van der Waals surface area contributed by atoms with Gasteiger partial charge in [0.15, 0.2) is 0 Å². The lowest BCUT2D eigenvalue weighted by molar-refractivity contribution is 0.595. The van der Waals surface area contributed by atoms with Crippen LogP contribution in [0.25, 0.3) is 0 Å². The molecule has 2 aromatic rings. The predicted octanol–water partition coefficient (Wildman–Crippen LogP) is 4.06. The van der Waals surface area contributed by atoms with Crippen molar-refractivity contribution in [1.82, 2.24) is 0 Å². The Kier molecular flexibility index (Phi) is 2.84. The first-order chi connectivity index (χ1) is 8.74. The molecule has 0 fully saturated rings. The minimum absolute atomic E-state index is 0.0860. The van der Waals surface area contributed by atoms with Crippen LogP contribution in [0, 0.1) is 5.82 Å². The molecule has 1 aliphatic heterocycles. The lowest BCUT2D eigenvalue weighted by Gasteiger charge is -2.28. The van der Waals surface area contributed by atoms with Crippen LogP contribution in [0.4, 0.5) is 15.8 Å². The molecule has 1 heterocycles. The zero-order valence-corrected chi connectivity index (χ0v) is 10.3. The summed E-state index contributed by atoms with van der Waals surface area (Å²) >= 11 is 5.76. The van der Waals surface area contributed by atoms with Crippen molar-refractivity contribution >= 4 is 23.0 Å². The molecule has 1 unspecified atom stereocenters. The Morgan fingerprint density at radius 1 is 1.11 bits per heavy atom. The molecule has 2 N–H and O–H groups in total. The quantitative estimate of drug-likeness (QED) is 0.810. The van der Waals surface area contributed by atoms with Gasteiger partial charge in [0.25, 0.3) is 0 Å². The van der Waals surface area contributed by atoms with Gasteiger partial charge in [-0.2, -0.15) is 0 Å². The minimum atomic E-state index is -0.277. The normalized spacial score (nSPS) is 17.6. The van der Waals surface area contributed by atoms with Crippen LogP contribution in [0.3, 0.4) is 0 Å². The molecule has 0 aromatic heterocycles. The molecule has 2 aromatic carbocycles. The van der Waals surface area contributed by atoms with Crippen molar-refractivity contribution in [3.05, 3.63) is 58.9 Å².